The fraction of sp³-hybridized carbons (Fsp3) is 0.625. The van der Waals surface area contributed by atoms with Crippen LogP contribution in [0, 0.1) is 0 Å². The first-order valence-corrected chi connectivity index (χ1v) is 3.55. The molecule has 0 unspecified atom stereocenters. The van der Waals surface area contributed by atoms with Crippen LogP contribution in [0.5, 0.6) is 0 Å². The molecule has 0 fully saturated rings. The lowest BCUT2D eigenvalue weighted by molar-refractivity contribution is -0.123. The van der Waals surface area contributed by atoms with Gasteiger partial charge in [0.2, 0.25) is 0 Å². The first-order chi connectivity index (χ1) is 5.04. The van der Waals surface area contributed by atoms with Crippen molar-refractivity contribution in [3.05, 3.63) is 11.3 Å². The van der Waals surface area contributed by atoms with E-state index in [4.69, 9.17) is 4.84 Å². The Morgan fingerprint density at radius 3 is 2.18 bits per heavy atom. The standard InChI is InChI=1S/C8H15NO2/c1-6(2)8(4)9-11-5-7(3)10/h9H,5H2,1-4H3. The van der Waals surface area contributed by atoms with Crippen LogP contribution in [0.25, 0.3) is 0 Å². The largest absolute Gasteiger partial charge is 0.297 e. The van der Waals surface area contributed by atoms with Gasteiger partial charge in [0.15, 0.2) is 5.78 Å². The van der Waals surface area contributed by atoms with Gasteiger partial charge >= 0.3 is 0 Å². The van der Waals surface area contributed by atoms with Crippen molar-refractivity contribution in [3.63, 3.8) is 0 Å². The molecule has 0 aromatic rings. The van der Waals surface area contributed by atoms with Crippen molar-refractivity contribution in [2.45, 2.75) is 27.7 Å². The first kappa shape index (κ1) is 10.2. The molecule has 0 aromatic carbocycles. The summed E-state index contributed by atoms with van der Waals surface area (Å²) < 4.78 is 0. The summed E-state index contributed by atoms with van der Waals surface area (Å²) in [5.41, 5.74) is 4.77. The van der Waals surface area contributed by atoms with Gasteiger partial charge in [-0.2, -0.15) is 0 Å². The number of hydrogen-bond acceptors (Lipinski definition) is 3. The maximum atomic E-state index is 10.4. The second kappa shape index (κ2) is 4.91. The molecule has 0 saturated carbocycles. The molecule has 0 heterocycles. The molecule has 1 N–H and O–H groups in total. The molecular weight excluding hydrogens is 142 g/mol. The molecule has 0 radical (unpaired) electrons. The second-order valence-corrected chi connectivity index (χ2v) is 2.72. The molecule has 0 atom stereocenters. The van der Waals surface area contributed by atoms with Crippen molar-refractivity contribution in [1.82, 2.24) is 5.48 Å². The summed E-state index contributed by atoms with van der Waals surface area (Å²) in [5, 5.41) is 0. The van der Waals surface area contributed by atoms with Gasteiger partial charge in [0.25, 0.3) is 0 Å². The minimum Gasteiger partial charge on any atom is -0.297 e. The molecule has 0 amide bonds. The molecule has 0 bridgehead atoms. The third kappa shape index (κ3) is 5.61. The van der Waals surface area contributed by atoms with Gasteiger partial charge in [-0.15, -0.1) is 0 Å². The molecule has 0 rings (SSSR count). The van der Waals surface area contributed by atoms with Crippen LogP contribution < -0.4 is 5.48 Å². The van der Waals surface area contributed by atoms with E-state index in [0.29, 0.717) is 0 Å². The molecule has 0 aliphatic rings. The highest BCUT2D eigenvalue weighted by molar-refractivity contribution is 5.76. The van der Waals surface area contributed by atoms with Crippen LogP contribution in [0.1, 0.15) is 27.7 Å². The van der Waals surface area contributed by atoms with Crippen molar-refractivity contribution >= 4 is 5.78 Å². The lowest BCUT2D eigenvalue weighted by Crippen LogP contribution is -2.17. The number of hydrogen-bond donors (Lipinski definition) is 1. The van der Waals surface area contributed by atoms with Crippen molar-refractivity contribution in [3.8, 4) is 0 Å². The highest BCUT2D eigenvalue weighted by Crippen LogP contribution is 1.96. The molecule has 0 aliphatic heterocycles. The Morgan fingerprint density at radius 2 is 1.82 bits per heavy atom. The summed E-state index contributed by atoms with van der Waals surface area (Å²) in [7, 11) is 0. The lowest BCUT2D eigenvalue weighted by Gasteiger charge is -2.06. The minimum absolute atomic E-state index is 0.0130. The van der Waals surface area contributed by atoms with E-state index in [1.165, 1.54) is 6.92 Å². The fourth-order valence-corrected chi connectivity index (χ4v) is 0.348. The Balaban J connectivity index is 3.56. The van der Waals surface area contributed by atoms with Crippen LogP contribution >= 0.6 is 0 Å². The maximum absolute atomic E-state index is 10.4. The molecule has 3 heteroatoms. The average Bonchev–Trinajstić information content (AvgIpc) is 1.86. The van der Waals surface area contributed by atoms with E-state index in [1.54, 1.807) is 0 Å². The highest BCUT2D eigenvalue weighted by atomic mass is 16.6. The second-order valence-electron chi connectivity index (χ2n) is 2.72. The Morgan fingerprint density at radius 1 is 1.27 bits per heavy atom. The predicted molar refractivity (Wildman–Crippen MR) is 43.8 cm³/mol. The lowest BCUT2D eigenvalue weighted by atomic mass is 10.3. The van der Waals surface area contributed by atoms with Crippen LogP contribution in [0.15, 0.2) is 11.3 Å². The highest BCUT2D eigenvalue weighted by Gasteiger charge is 1.93. The summed E-state index contributed by atoms with van der Waals surface area (Å²) >= 11 is 0. The van der Waals surface area contributed by atoms with Crippen LogP contribution in [0.3, 0.4) is 0 Å². The average molecular weight is 157 g/mol. The number of rotatable bonds is 4. The number of ketones is 1. The molecule has 11 heavy (non-hydrogen) atoms. The number of Topliss-reactive ketones (excluding diaryl/α,β-unsaturated/α-hetero) is 1. The van der Waals surface area contributed by atoms with Crippen molar-refractivity contribution in [2.75, 3.05) is 6.61 Å². The van der Waals surface area contributed by atoms with E-state index in [2.05, 4.69) is 5.48 Å². The maximum Gasteiger partial charge on any atom is 0.158 e. The van der Waals surface area contributed by atoms with Crippen LogP contribution in [0.2, 0.25) is 0 Å². The van der Waals surface area contributed by atoms with E-state index in [1.807, 2.05) is 20.8 Å². The van der Waals surface area contributed by atoms with E-state index in [-0.39, 0.29) is 12.4 Å². The smallest absolute Gasteiger partial charge is 0.158 e. The summed E-state index contributed by atoms with van der Waals surface area (Å²) in [6, 6.07) is 0. The topological polar surface area (TPSA) is 38.3 Å². The number of carbonyl (C=O) groups is 1. The zero-order chi connectivity index (χ0) is 8.85. The molecule has 3 nitrogen and oxygen atoms in total. The van der Waals surface area contributed by atoms with Crippen molar-refractivity contribution in [1.29, 1.82) is 0 Å². The Kier molecular flexibility index (Phi) is 4.54. The van der Waals surface area contributed by atoms with Crippen LogP contribution in [-0.4, -0.2) is 12.4 Å². The van der Waals surface area contributed by atoms with Crippen molar-refractivity contribution < 1.29 is 9.63 Å². The van der Waals surface area contributed by atoms with Crippen LogP contribution in [0.4, 0.5) is 0 Å². The van der Waals surface area contributed by atoms with E-state index in [9.17, 15) is 4.79 Å². The Bertz CT molecular complexity index is 169. The fourth-order valence-electron chi connectivity index (χ4n) is 0.348. The molecular formula is C8H15NO2. The normalized spacial score (nSPS) is 9.09. The van der Waals surface area contributed by atoms with Gasteiger partial charge in [0.05, 0.1) is 0 Å². The van der Waals surface area contributed by atoms with Gasteiger partial charge < -0.3 is 0 Å². The zero-order valence-corrected chi connectivity index (χ0v) is 7.52. The molecule has 0 saturated heterocycles. The summed E-state index contributed by atoms with van der Waals surface area (Å²) in [4.78, 5) is 15.3. The number of carbonyl (C=O) groups excluding carboxylic acids is 1. The molecule has 0 aromatic heterocycles. The van der Waals surface area contributed by atoms with Gasteiger partial charge in [0.1, 0.15) is 6.61 Å². The van der Waals surface area contributed by atoms with E-state index in [0.717, 1.165) is 11.3 Å². The van der Waals surface area contributed by atoms with Gasteiger partial charge in [-0.25, -0.2) is 0 Å². The first-order valence-electron chi connectivity index (χ1n) is 3.55. The summed E-state index contributed by atoms with van der Waals surface area (Å²) in [5.74, 6) is 0.0130. The number of nitrogens with one attached hydrogen (secondary N) is 1. The molecule has 64 valence electrons. The SMILES string of the molecule is CC(=O)CONC(C)=C(C)C. The van der Waals surface area contributed by atoms with Gasteiger partial charge in [-0.1, -0.05) is 5.57 Å². The Hall–Kier alpha value is -0.830. The van der Waals surface area contributed by atoms with Crippen molar-refractivity contribution in [2.24, 2.45) is 0 Å². The Labute approximate surface area is 67.4 Å². The monoisotopic (exact) mass is 157 g/mol. The van der Waals surface area contributed by atoms with Gasteiger partial charge in [-0.3, -0.25) is 15.1 Å². The summed E-state index contributed by atoms with van der Waals surface area (Å²) in [6.07, 6.45) is 0. The molecule has 0 spiro atoms. The third-order valence-electron chi connectivity index (χ3n) is 1.25. The number of allylic oxidation sites excluding steroid dienone is 2. The predicted octanol–water partition coefficient (Wildman–Crippen LogP) is 1.41. The quantitative estimate of drug-likeness (QED) is 0.627. The minimum atomic E-state index is 0.0130. The van der Waals surface area contributed by atoms with Gasteiger partial charge in [-0.05, 0) is 27.7 Å². The third-order valence-corrected chi connectivity index (χ3v) is 1.25. The van der Waals surface area contributed by atoms with Gasteiger partial charge in [0, 0.05) is 5.70 Å². The van der Waals surface area contributed by atoms with Crippen LogP contribution in [-0.2, 0) is 9.63 Å². The summed E-state index contributed by atoms with van der Waals surface area (Å²) in [6.45, 7) is 7.44. The van der Waals surface area contributed by atoms with E-state index >= 15 is 0 Å². The zero-order valence-electron chi connectivity index (χ0n) is 7.52. The molecule has 0 aliphatic carbocycles. The number of hydroxylamine groups is 1. The van der Waals surface area contributed by atoms with E-state index < -0.39 is 0 Å².